The Kier molecular flexibility index (Phi) is 10.1. The molecule has 0 spiro atoms. The van der Waals surface area contributed by atoms with Gasteiger partial charge in [-0.2, -0.15) is 0 Å². The van der Waals surface area contributed by atoms with Gasteiger partial charge in [0.25, 0.3) is 0 Å². The van der Waals surface area contributed by atoms with E-state index in [9.17, 15) is 4.79 Å². The Hall–Kier alpha value is -0.890. The minimum Gasteiger partial charge on any atom is -0.453 e. The van der Waals surface area contributed by atoms with Crippen LogP contribution in [0.25, 0.3) is 0 Å². The van der Waals surface area contributed by atoms with E-state index in [0.717, 1.165) is 32.5 Å². The summed E-state index contributed by atoms with van der Waals surface area (Å²) >= 11 is 0. The SMILES string of the molecule is COCCOCCOCCN(C)C1CCN(C(=O)OC)CC1. The quantitative estimate of drug-likeness (QED) is 0.556. The second-order valence-electron chi connectivity index (χ2n) is 5.39. The normalized spacial score (nSPS) is 16.3. The molecule has 0 unspecified atom stereocenters. The van der Waals surface area contributed by atoms with Crippen LogP contribution in [0.15, 0.2) is 0 Å². The van der Waals surface area contributed by atoms with Gasteiger partial charge in [0, 0.05) is 32.8 Å². The van der Waals surface area contributed by atoms with Crippen molar-refractivity contribution in [2.24, 2.45) is 0 Å². The van der Waals surface area contributed by atoms with E-state index in [1.807, 2.05) is 0 Å². The number of nitrogens with zero attached hydrogens (tertiary/aromatic N) is 2. The van der Waals surface area contributed by atoms with Crippen LogP contribution in [0.1, 0.15) is 12.8 Å². The summed E-state index contributed by atoms with van der Waals surface area (Å²) in [6.07, 6.45) is 1.73. The molecule has 0 aromatic carbocycles. The van der Waals surface area contributed by atoms with E-state index in [2.05, 4.69) is 11.9 Å². The number of hydrogen-bond acceptors (Lipinski definition) is 6. The molecule has 1 fully saturated rings. The molecule has 0 aromatic heterocycles. The molecule has 7 nitrogen and oxygen atoms in total. The third-order valence-electron chi connectivity index (χ3n) is 3.91. The van der Waals surface area contributed by atoms with Crippen molar-refractivity contribution in [1.29, 1.82) is 0 Å². The van der Waals surface area contributed by atoms with Crippen molar-refractivity contribution in [3.8, 4) is 0 Å². The first-order valence-corrected chi connectivity index (χ1v) is 7.86. The van der Waals surface area contributed by atoms with Crippen LogP contribution >= 0.6 is 0 Å². The first kappa shape index (κ1) is 19.2. The number of amides is 1. The first-order valence-electron chi connectivity index (χ1n) is 7.86. The summed E-state index contributed by atoms with van der Waals surface area (Å²) in [6, 6.07) is 0.502. The number of ether oxygens (including phenoxy) is 4. The number of carbonyl (C=O) groups excluding carboxylic acids is 1. The number of hydrogen-bond donors (Lipinski definition) is 0. The smallest absolute Gasteiger partial charge is 0.409 e. The first-order chi connectivity index (χ1) is 10.7. The van der Waals surface area contributed by atoms with Crippen molar-refractivity contribution >= 4 is 6.09 Å². The van der Waals surface area contributed by atoms with Crippen LogP contribution in [0.4, 0.5) is 4.79 Å². The molecule has 1 saturated heterocycles. The van der Waals surface area contributed by atoms with Gasteiger partial charge in [0.15, 0.2) is 0 Å². The number of likely N-dealkylation sites (tertiary alicyclic amines) is 1. The van der Waals surface area contributed by atoms with Gasteiger partial charge in [-0.3, -0.25) is 0 Å². The van der Waals surface area contributed by atoms with Crippen LogP contribution in [0, 0.1) is 0 Å². The zero-order chi connectivity index (χ0) is 16.2. The van der Waals surface area contributed by atoms with E-state index in [1.165, 1.54) is 7.11 Å². The van der Waals surface area contributed by atoms with Gasteiger partial charge in [-0.25, -0.2) is 4.79 Å². The highest BCUT2D eigenvalue weighted by molar-refractivity contribution is 5.67. The van der Waals surface area contributed by atoms with Gasteiger partial charge in [-0.15, -0.1) is 0 Å². The van der Waals surface area contributed by atoms with Crippen LogP contribution < -0.4 is 0 Å². The average molecular weight is 318 g/mol. The van der Waals surface area contributed by atoms with Crippen molar-refractivity contribution in [3.63, 3.8) is 0 Å². The molecular weight excluding hydrogens is 288 g/mol. The van der Waals surface area contributed by atoms with Crippen LogP contribution in [0.2, 0.25) is 0 Å². The van der Waals surface area contributed by atoms with Gasteiger partial charge in [-0.1, -0.05) is 0 Å². The molecular formula is C15H30N2O5. The second kappa shape index (κ2) is 11.6. The Morgan fingerprint density at radius 1 is 1.05 bits per heavy atom. The highest BCUT2D eigenvalue weighted by Gasteiger charge is 2.25. The Balaban J connectivity index is 2.02. The molecule has 0 aromatic rings. The van der Waals surface area contributed by atoms with Crippen molar-refractivity contribution in [1.82, 2.24) is 9.80 Å². The number of likely N-dealkylation sites (N-methyl/N-ethyl adjacent to an activating group) is 1. The van der Waals surface area contributed by atoms with Crippen LogP contribution in [-0.2, 0) is 18.9 Å². The fourth-order valence-electron chi connectivity index (χ4n) is 2.47. The highest BCUT2D eigenvalue weighted by Crippen LogP contribution is 2.15. The van der Waals surface area contributed by atoms with Crippen molar-refractivity contribution in [2.45, 2.75) is 18.9 Å². The molecule has 0 aliphatic carbocycles. The van der Waals surface area contributed by atoms with Crippen molar-refractivity contribution in [3.05, 3.63) is 0 Å². The molecule has 22 heavy (non-hydrogen) atoms. The monoisotopic (exact) mass is 318 g/mol. The highest BCUT2D eigenvalue weighted by atomic mass is 16.5. The maximum atomic E-state index is 11.4. The maximum absolute atomic E-state index is 11.4. The topological polar surface area (TPSA) is 60.5 Å². The van der Waals surface area contributed by atoms with E-state index in [4.69, 9.17) is 18.9 Å². The van der Waals surface area contributed by atoms with Gasteiger partial charge in [-0.05, 0) is 19.9 Å². The van der Waals surface area contributed by atoms with Crippen LogP contribution in [0.5, 0.6) is 0 Å². The minimum absolute atomic E-state index is 0.224. The van der Waals surface area contributed by atoms with E-state index < -0.39 is 0 Å². The molecule has 1 aliphatic heterocycles. The lowest BCUT2D eigenvalue weighted by atomic mass is 10.0. The van der Waals surface area contributed by atoms with E-state index in [-0.39, 0.29) is 6.09 Å². The van der Waals surface area contributed by atoms with Crippen molar-refractivity contribution < 1.29 is 23.7 Å². The van der Waals surface area contributed by atoms with Gasteiger partial charge in [0.2, 0.25) is 0 Å². The van der Waals surface area contributed by atoms with Crippen LogP contribution in [0.3, 0.4) is 0 Å². The average Bonchev–Trinajstić information content (AvgIpc) is 2.56. The van der Waals surface area contributed by atoms with E-state index >= 15 is 0 Å². The summed E-state index contributed by atoms with van der Waals surface area (Å²) in [4.78, 5) is 15.5. The summed E-state index contributed by atoms with van der Waals surface area (Å²) in [6.45, 7) is 5.54. The fourth-order valence-corrected chi connectivity index (χ4v) is 2.47. The molecule has 0 radical (unpaired) electrons. The van der Waals surface area contributed by atoms with Gasteiger partial charge in [0.05, 0.1) is 40.1 Å². The van der Waals surface area contributed by atoms with Crippen molar-refractivity contribution in [2.75, 3.05) is 73.9 Å². The molecule has 7 heteroatoms. The standard InChI is InChI=1S/C15H30N2O5/c1-16(8-9-21-12-13-22-11-10-19-2)14-4-6-17(7-5-14)15(18)20-3/h14H,4-13H2,1-3H3. The third-order valence-corrected chi connectivity index (χ3v) is 3.91. The maximum Gasteiger partial charge on any atom is 0.409 e. The summed E-state index contributed by atoms with van der Waals surface area (Å²) < 4.78 is 20.5. The Morgan fingerprint density at radius 2 is 1.64 bits per heavy atom. The molecule has 0 saturated carbocycles. The van der Waals surface area contributed by atoms with E-state index in [0.29, 0.717) is 39.1 Å². The third kappa shape index (κ3) is 7.40. The van der Waals surface area contributed by atoms with Gasteiger partial charge >= 0.3 is 6.09 Å². The predicted molar refractivity (Wildman–Crippen MR) is 83.1 cm³/mol. The summed E-state index contributed by atoms with van der Waals surface area (Å²) in [7, 11) is 5.19. The summed E-state index contributed by atoms with van der Waals surface area (Å²) in [5, 5.41) is 0. The summed E-state index contributed by atoms with van der Waals surface area (Å²) in [5.74, 6) is 0. The largest absolute Gasteiger partial charge is 0.453 e. The molecule has 130 valence electrons. The fraction of sp³-hybridized carbons (Fsp3) is 0.933. The molecule has 0 bridgehead atoms. The molecule has 1 heterocycles. The predicted octanol–water partition coefficient (Wildman–Crippen LogP) is 0.829. The lowest BCUT2D eigenvalue weighted by molar-refractivity contribution is 0.0160. The second-order valence-corrected chi connectivity index (χ2v) is 5.39. The zero-order valence-corrected chi connectivity index (χ0v) is 14.1. The molecule has 0 N–H and O–H groups in total. The number of rotatable bonds is 10. The van der Waals surface area contributed by atoms with E-state index in [1.54, 1.807) is 12.0 Å². The lowest BCUT2D eigenvalue weighted by Crippen LogP contribution is -2.46. The molecule has 1 rings (SSSR count). The number of piperidine rings is 1. The lowest BCUT2D eigenvalue weighted by Gasteiger charge is -2.36. The van der Waals surface area contributed by atoms with Gasteiger partial charge in [0.1, 0.15) is 0 Å². The van der Waals surface area contributed by atoms with Crippen LogP contribution in [-0.4, -0.2) is 95.9 Å². The minimum atomic E-state index is -0.224. The Labute approximate surface area is 133 Å². The molecule has 1 aliphatic rings. The number of methoxy groups -OCH3 is 2. The zero-order valence-electron chi connectivity index (χ0n) is 14.1. The van der Waals surface area contributed by atoms with Gasteiger partial charge < -0.3 is 28.7 Å². The summed E-state index contributed by atoms with van der Waals surface area (Å²) in [5.41, 5.74) is 0. The Morgan fingerprint density at radius 3 is 2.23 bits per heavy atom. The molecule has 0 atom stereocenters. The number of carbonyl (C=O) groups is 1. The Bertz CT molecular complexity index is 296. The molecule has 1 amide bonds.